The summed E-state index contributed by atoms with van der Waals surface area (Å²) in [6.07, 6.45) is 2.43. The normalized spacial score (nSPS) is 18.3. The molecule has 2 N–H and O–H groups in total. The van der Waals surface area contributed by atoms with E-state index in [-0.39, 0.29) is 11.5 Å². The van der Waals surface area contributed by atoms with Gasteiger partial charge in [-0.25, -0.2) is 0 Å². The molecule has 1 fully saturated rings. The smallest absolute Gasteiger partial charge is 0.0108 e. The molecular weight excluding hydrogens is 218 g/mol. The van der Waals surface area contributed by atoms with Crippen LogP contribution in [-0.4, -0.2) is 6.04 Å². The number of rotatable bonds is 3. The van der Waals surface area contributed by atoms with Crippen molar-refractivity contribution in [2.75, 3.05) is 0 Å². The molecule has 0 aliphatic heterocycles. The lowest BCUT2D eigenvalue weighted by Gasteiger charge is -2.23. The molecule has 2 aromatic carbocycles. The number of hydrogen-bond acceptors (Lipinski definition) is 1. The first-order valence-electron chi connectivity index (χ1n) is 6.64. The van der Waals surface area contributed by atoms with Gasteiger partial charge in [-0.15, -0.1) is 0 Å². The summed E-state index contributed by atoms with van der Waals surface area (Å²) in [5, 5.41) is 0. The molecule has 92 valence electrons. The van der Waals surface area contributed by atoms with Crippen molar-refractivity contribution in [3.05, 3.63) is 60.2 Å². The Bertz CT molecular complexity index is 539. The summed E-state index contributed by atoms with van der Waals surface area (Å²) in [4.78, 5) is 0. The maximum Gasteiger partial charge on any atom is 0.0108 e. The van der Waals surface area contributed by atoms with E-state index in [0.29, 0.717) is 0 Å². The van der Waals surface area contributed by atoms with Gasteiger partial charge in [0.05, 0.1) is 0 Å². The van der Waals surface area contributed by atoms with Crippen molar-refractivity contribution >= 4 is 0 Å². The van der Waals surface area contributed by atoms with Crippen LogP contribution in [0.15, 0.2) is 54.6 Å². The summed E-state index contributed by atoms with van der Waals surface area (Å²) in [6.45, 7) is 2.13. The van der Waals surface area contributed by atoms with Gasteiger partial charge in [0.1, 0.15) is 0 Å². The van der Waals surface area contributed by atoms with Crippen molar-refractivity contribution in [1.82, 2.24) is 0 Å². The molecule has 0 aromatic heterocycles. The largest absolute Gasteiger partial charge is 0.327 e. The molecule has 3 rings (SSSR count). The Morgan fingerprint density at radius 2 is 1.56 bits per heavy atom. The van der Waals surface area contributed by atoms with Gasteiger partial charge >= 0.3 is 0 Å². The number of benzene rings is 2. The fourth-order valence-electron chi connectivity index (χ4n) is 2.89. The van der Waals surface area contributed by atoms with E-state index in [9.17, 15) is 0 Å². The minimum absolute atomic E-state index is 0.215. The lowest BCUT2D eigenvalue weighted by atomic mass is 9.84. The van der Waals surface area contributed by atoms with Crippen molar-refractivity contribution in [3.63, 3.8) is 0 Å². The molecule has 0 radical (unpaired) electrons. The van der Waals surface area contributed by atoms with Gasteiger partial charge in [-0.05, 0) is 36.5 Å². The van der Waals surface area contributed by atoms with Gasteiger partial charge in [-0.1, -0.05) is 54.6 Å². The second-order valence-electron chi connectivity index (χ2n) is 5.36. The maximum absolute atomic E-state index is 6.21. The Labute approximate surface area is 109 Å². The SMILES string of the molecule is CC(N)C1(c2ccccc2-c2ccccc2)CC1. The van der Waals surface area contributed by atoms with Crippen molar-refractivity contribution in [3.8, 4) is 11.1 Å². The molecule has 1 heteroatoms. The zero-order valence-electron chi connectivity index (χ0n) is 10.8. The zero-order valence-corrected chi connectivity index (χ0v) is 10.8. The third-order valence-corrected chi connectivity index (χ3v) is 4.21. The third kappa shape index (κ3) is 1.75. The van der Waals surface area contributed by atoms with Gasteiger partial charge in [0.25, 0.3) is 0 Å². The van der Waals surface area contributed by atoms with Crippen molar-refractivity contribution in [1.29, 1.82) is 0 Å². The van der Waals surface area contributed by atoms with E-state index in [1.54, 1.807) is 0 Å². The summed E-state index contributed by atoms with van der Waals surface area (Å²) >= 11 is 0. The molecular formula is C17H19N. The van der Waals surface area contributed by atoms with Crippen molar-refractivity contribution < 1.29 is 0 Å². The quantitative estimate of drug-likeness (QED) is 0.864. The Kier molecular flexibility index (Phi) is 2.71. The first kappa shape index (κ1) is 11.5. The Morgan fingerprint density at radius 3 is 2.17 bits per heavy atom. The molecule has 0 spiro atoms. The van der Waals surface area contributed by atoms with E-state index in [1.165, 1.54) is 29.5 Å². The van der Waals surface area contributed by atoms with Crippen molar-refractivity contribution in [2.24, 2.45) is 5.73 Å². The Morgan fingerprint density at radius 1 is 0.944 bits per heavy atom. The standard InChI is InChI=1S/C17H19N/c1-13(18)17(11-12-17)16-10-6-5-9-15(16)14-7-3-2-4-8-14/h2-10,13H,11-12,18H2,1H3. The summed E-state index contributed by atoms with van der Waals surface area (Å²) < 4.78 is 0. The highest BCUT2D eigenvalue weighted by atomic mass is 14.7. The van der Waals surface area contributed by atoms with Gasteiger partial charge < -0.3 is 5.73 Å². The maximum atomic E-state index is 6.21. The summed E-state index contributed by atoms with van der Waals surface area (Å²) in [6, 6.07) is 19.5. The summed E-state index contributed by atoms with van der Waals surface area (Å²) in [5.74, 6) is 0. The first-order chi connectivity index (χ1) is 8.74. The summed E-state index contributed by atoms with van der Waals surface area (Å²) in [7, 11) is 0. The van der Waals surface area contributed by atoms with Gasteiger partial charge in [0, 0.05) is 11.5 Å². The van der Waals surface area contributed by atoms with Crippen LogP contribution in [0, 0.1) is 0 Å². The molecule has 1 nitrogen and oxygen atoms in total. The van der Waals surface area contributed by atoms with Crippen molar-refractivity contribution in [2.45, 2.75) is 31.2 Å². The van der Waals surface area contributed by atoms with Gasteiger partial charge in [-0.2, -0.15) is 0 Å². The van der Waals surface area contributed by atoms with E-state index in [4.69, 9.17) is 5.73 Å². The van der Waals surface area contributed by atoms with E-state index in [1.807, 2.05) is 0 Å². The molecule has 0 saturated heterocycles. The fraction of sp³-hybridized carbons (Fsp3) is 0.294. The van der Waals surface area contributed by atoms with Crippen LogP contribution in [0.3, 0.4) is 0 Å². The molecule has 1 saturated carbocycles. The van der Waals surface area contributed by atoms with Crippen LogP contribution in [0.25, 0.3) is 11.1 Å². The van der Waals surface area contributed by atoms with Crippen LogP contribution >= 0.6 is 0 Å². The average Bonchev–Trinajstić information content (AvgIpc) is 3.21. The molecule has 1 aliphatic carbocycles. The van der Waals surface area contributed by atoms with Crippen LogP contribution in [0.2, 0.25) is 0 Å². The summed E-state index contributed by atoms with van der Waals surface area (Å²) in [5.41, 5.74) is 10.5. The first-order valence-corrected chi connectivity index (χ1v) is 6.64. The zero-order chi connectivity index (χ0) is 12.6. The van der Waals surface area contributed by atoms with Crippen LogP contribution in [0.5, 0.6) is 0 Å². The third-order valence-electron chi connectivity index (χ3n) is 4.21. The van der Waals surface area contributed by atoms with E-state index < -0.39 is 0 Å². The molecule has 2 aromatic rings. The molecule has 0 heterocycles. The minimum atomic E-state index is 0.215. The second kappa shape index (κ2) is 4.25. The van der Waals surface area contributed by atoms with Gasteiger partial charge in [0.2, 0.25) is 0 Å². The lowest BCUT2D eigenvalue weighted by molar-refractivity contribution is 0.558. The monoisotopic (exact) mass is 237 g/mol. The molecule has 1 unspecified atom stereocenters. The predicted octanol–water partition coefficient (Wildman–Crippen LogP) is 3.73. The Balaban J connectivity index is 2.12. The van der Waals surface area contributed by atoms with Crippen LogP contribution < -0.4 is 5.73 Å². The second-order valence-corrected chi connectivity index (χ2v) is 5.36. The van der Waals surface area contributed by atoms with Crippen LogP contribution in [-0.2, 0) is 5.41 Å². The lowest BCUT2D eigenvalue weighted by Crippen LogP contribution is -2.31. The molecule has 1 aliphatic rings. The number of hydrogen-bond donors (Lipinski definition) is 1. The van der Waals surface area contributed by atoms with Crippen LogP contribution in [0.4, 0.5) is 0 Å². The molecule has 1 atom stereocenters. The highest BCUT2D eigenvalue weighted by Gasteiger charge is 2.48. The van der Waals surface area contributed by atoms with Gasteiger partial charge in [-0.3, -0.25) is 0 Å². The fourth-order valence-corrected chi connectivity index (χ4v) is 2.89. The number of nitrogens with two attached hydrogens (primary N) is 1. The minimum Gasteiger partial charge on any atom is -0.327 e. The Hall–Kier alpha value is -1.60. The van der Waals surface area contributed by atoms with E-state index in [0.717, 1.165) is 0 Å². The highest BCUT2D eigenvalue weighted by molar-refractivity contribution is 5.69. The topological polar surface area (TPSA) is 26.0 Å². The molecule has 0 amide bonds. The average molecular weight is 237 g/mol. The highest BCUT2D eigenvalue weighted by Crippen LogP contribution is 2.52. The van der Waals surface area contributed by atoms with E-state index in [2.05, 4.69) is 61.5 Å². The molecule has 0 bridgehead atoms. The van der Waals surface area contributed by atoms with Crippen LogP contribution in [0.1, 0.15) is 25.3 Å². The predicted molar refractivity (Wildman–Crippen MR) is 76.4 cm³/mol. The van der Waals surface area contributed by atoms with Gasteiger partial charge in [0.15, 0.2) is 0 Å². The van der Waals surface area contributed by atoms with E-state index >= 15 is 0 Å². The molecule has 18 heavy (non-hydrogen) atoms.